The molecule has 2 amide bonds. The first-order valence-electron chi connectivity index (χ1n) is 10.0. The van der Waals surface area contributed by atoms with Crippen LogP contribution < -0.4 is 5.32 Å². The summed E-state index contributed by atoms with van der Waals surface area (Å²) in [6.45, 7) is 6.28. The third-order valence-electron chi connectivity index (χ3n) is 5.22. The minimum Gasteiger partial charge on any atom is -0.339 e. The summed E-state index contributed by atoms with van der Waals surface area (Å²) in [6, 6.07) is 12.5. The Hall–Kier alpha value is -3.48. The normalized spacial score (nSPS) is 16.0. The van der Waals surface area contributed by atoms with Gasteiger partial charge in [0.1, 0.15) is 6.04 Å². The van der Waals surface area contributed by atoms with Crippen LogP contribution in [0.15, 0.2) is 47.0 Å². The summed E-state index contributed by atoms with van der Waals surface area (Å²) in [7, 11) is 0. The van der Waals surface area contributed by atoms with E-state index in [9.17, 15) is 9.59 Å². The van der Waals surface area contributed by atoms with E-state index in [1.165, 1.54) is 0 Å². The van der Waals surface area contributed by atoms with Crippen molar-refractivity contribution >= 4 is 17.5 Å². The zero-order valence-electron chi connectivity index (χ0n) is 17.3. The molecule has 7 heteroatoms. The van der Waals surface area contributed by atoms with Crippen molar-refractivity contribution in [3.63, 3.8) is 0 Å². The van der Waals surface area contributed by atoms with Crippen LogP contribution in [0.3, 0.4) is 0 Å². The van der Waals surface area contributed by atoms with Crippen LogP contribution in [-0.4, -0.2) is 39.4 Å². The van der Waals surface area contributed by atoms with Crippen LogP contribution in [-0.2, 0) is 4.79 Å². The number of aromatic nitrogens is 2. The van der Waals surface area contributed by atoms with E-state index in [2.05, 4.69) is 21.5 Å². The lowest BCUT2D eigenvalue weighted by atomic mass is 10.1. The molecular weight excluding hydrogens is 380 g/mol. The summed E-state index contributed by atoms with van der Waals surface area (Å²) >= 11 is 0. The number of nitrogens with zero attached hydrogens (tertiary/aromatic N) is 3. The molecule has 1 atom stereocenters. The predicted molar refractivity (Wildman–Crippen MR) is 113 cm³/mol. The van der Waals surface area contributed by atoms with Gasteiger partial charge in [0.05, 0.1) is 0 Å². The number of rotatable bonds is 4. The number of carbonyl (C=O) groups excluding carboxylic acids is 2. The van der Waals surface area contributed by atoms with Gasteiger partial charge in [0.25, 0.3) is 5.91 Å². The van der Waals surface area contributed by atoms with Crippen LogP contribution in [0.1, 0.15) is 40.2 Å². The SMILES string of the molecule is Cc1cc(C)cc(NC(=O)C2CCCN2C(=O)c2ccc(-c3noc(C)n3)cc2)c1. The maximum absolute atomic E-state index is 13.1. The predicted octanol–water partition coefficient (Wildman–Crippen LogP) is 3.91. The second-order valence-electron chi connectivity index (χ2n) is 7.74. The molecule has 4 rings (SSSR count). The molecule has 0 saturated carbocycles. The van der Waals surface area contributed by atoms with Crippen molar-refractivity contribution in [2.24, 2.45) is 0 Å². The summed E-state index contributed by atoms with van der Waals surface area (Å²) in [5, 5.41) is 6.87. The highest BCUT2D eigenvalue weighted by Gasteiger charge is 2.34. The number of hydrogen-bond acceptors (Lipinski definition) is 5. The molecule has 0 spiro atoms. The molecule has 1 unspecified atom stereocenters. The summed E-state index contributed by atoms with van der Waals surface area (Å²) in [5.74, 6) is 0.673. The van der Waals surface area contributed by atoms with E-state index in [4.69, 9.17) is 4.52 Å². The zero-order chi connectivity index (χ0) is 21.3. The van der Waals surface area contributed by atoms with E-state index in [-0.39, 0.29) is 11.8 Å². The summed E-state index contributed by atoms with van der Waals surface area (Å²) < 4.78 is 5.00. The average molecular weight is 404 g/mol. The summed E-state index contributed by atoms with van der Waals surface area (Å²) in [4.78, 5) is 31.8. The third-order valence-corrected chi connectivity index (χ3v) is 5.22. The van der Waals surface area contributed by atoms with Crippen LogP contribution >= 0.6 is 0 Å². The number of hydrogen-bond donors (Lipinski definition) is 1. The van der Waals surface area contributed by atoms with Gasteiger partial charge >= 0.3 is 0 Å². The maximum Gasteiger partial charge on any atom is 0.254 e. The lowest BCUT2D eigenvalue weighted by Gasteiger charge is -2.24. The molecule has 1 saturated heterocycles. The minimum atomic E-state index is -0.474. The van der Waals surface area contributed by atoms with Gasteiger partial charge in [-0.3, -0.25) is 9.59 Å². The van der Waals surface area contributed by atoms with Crippen molar-refractivity contribution in [1.82, 2.24) is 15.0 Å². The molecule has 2 aromatic carbocycles. The number of carbonyl (C=O) groups is 2. The van der Waals surface area contributed by atoms with Gasteiger partial charge in [0, 0.05) is 30.3 Å². The number of aryl methyl sites for hydroxylation is 3. The molecule has 1 fully saturated rings. The molecule has 0 radical (unpaired) electrons. The Labute approximate surface area is 175 Å². The number of nitrogens with one attached hydrogen (secondary N) is 1. The summed E-state index contributed by atoms with van der Waals surface area (Å²) in [6.07, 6.45) is 1.46. The van der Waals surface area contributed by atoms with Gasteiger partial charge in [-0.2, -0.15) is 4.98 Å². The van der Waals surface area contributed by atoms with E-state index in [0.29, 0.717) is 30.2 Å². The van der Waals surface area contributed by atoms with Crippen LogP contribution in [0.25, 0.3) is 11.4 Å². The zero-order valence-corrected chi connectivity index (χ0v) is 17.3. The van der Waals surface area contributed by atoms with E-state index >= 15 is 0 Å². The van der Waals surface area contributed by atoms with E-state index in [1.807, 2.05) is 26.0 Å². The van der Waals surface area contributed by atoms with E-state index < -0.39 is 6.04 Å². The van der Waals surface area contributed by atoms with Crippen molar-refractivity contribution in [1.29, 1.82) is 0 Å². The van der Waals surface area contributed by atoms with E-state index in [1.54, 1.807) is 36.1 Å². The number of likely N-dealkylation sites (tertiary alicyclic amines) is 1. The Morgan fingerprint density at radius 2 is 1.77 bits per heavy atom. The number of benzene rings is 2. The molecular formula is C23H24N4O3. The average Bonchev–Trinajstić information content (AvgIpc) is 3.36. The number of amides is 2. The van der Waals surface area contributed by atoms with Gasteiger partial charge in [-0.25, -0.2) is 0 Å². The molecule has 2 heterocycles. The van der Waals surface area contributed by atoms with Crippen molar-refractivity contribution < 1.29 is 14.1 Å². The Balaban J connectivity index is 1.48. The summed E-state index contributed by atoms with van der Waals surface area (Å²) in [5.41, 5.74) is 4.23. The maximum atomic E-state index is 13.1. The van der Waals surface area contributed by atoms with Gasteiger partial charge in [-0.15, -0.1) is 0 Å². The minimum absolute atomic E-state index is 0.148. The molecule has 1 aliphatic rings. The Morgan fingerprint density at radius 1 is 1.07 bits per heavy atom. The molecule has 1 aromatic heterocycles. The lowest BCUT2D eigenvalue weighted by molar-refractivity contribution is -0.119. The van der Waals surface area contributed by atoms with Crippen molar-refractivity contribution in [2.75, 3.05) is 11.9 Å². The number of anilines is 1. The molecule has 30 heavy (non-hydrogen) atoms. The Kier molecular flexibility index (Phi) is 5.35. The first-order chi connectivity index (χ1) is 14.4. The van der Waals surface area contributed by atoms with Crippen LogP contribution in [0.2, 0.25) is 0 Å². The lowest BCUT2D eigenvalue weighted by Crippen LogP contribution is -2.43. The largest absolute Gasteiger partial charge is 0.339 e. The Morgan fingerprint density at radius 3 is 2.40 bits per heavy atom. The fourth-order valence-corrected chi connectivity index (χ4v) is 3.90. The quantitative estimate of drug-likeness (QED) is 0.712. The van der Waals surface area contributed by atoms with Gasteiger partial charge in [0.2, 0.25) is 17.6 Å². The van der Waals surface area contributed by atoms with Crippen molar-refractivity contribution in [2.45, 2.75) is 39.7 Å². The highest BCUT2D eigenvalue weighted by molar-refractivity contribution is 6.01. The fourth-order valence-electron chi connectivity index (χ4n) is 3.90. The molecule has 1 N–H and O–H groups in total. The topological polar surface area (TPSA) is 88.3 Å². The molecule has 0 aliphatic carbocycles. The molecule has 1 aliphatic heterocycles. The first kappa shape index (κ1) is 19.8. The van der Waals surface area contributed by atoms with E-state index in [0.717, 1.165) is 28.8 Å². The highest BCUT2D eigenvalue weighted by atomic mass is 16.5. The molecule has 7 nitrogen and oxygen atoms in total. The molecule has 154 valence electrons. The second kappa shape index (κ2) is 8.10. The second-order valence-corrected chi connectivity index (χ2v) is 7.74. The van der Waals surface area contributed by atoms with Gasteiger partial charge in [-0.1, -0.05) is 23.4 Å². The van der Waals surface area contributed by atoms with Gasteiger partial charge < -0.3 is 14.7 Å². The van der Waals surface area contributed by atoms with Crippen molar-refractivity contribution in [3.8, 4) is 11.4 Å². The van der Waals surface area contributed by atoms with Gasteiger partial charge in [-0.05, 0) is 62.1 Å². The van der Waals surface area contributed by atoms with Gasteiger partial charge in [0.15, 0.2) is 0 Å². The smallest absolute Gasteiger partial charge is 0.254 e. The third kappa shape index (κ3) is 4.10. The van der Waals surface area contributed by atoms with Crippen molar-refractivity contribution in [3.05, 3.63) is 65.0 Å². The fraction of sp³-hybridized carbons (Fsp3) is 0.304. The standard InChI is InChI=1S/C23H24N4O3/c1-14-11-15(2)13-19(12-14)25-22(28)20-5-4-10-27(20)23(29)18-8-6-17(7-9-18)21-24-16(3)30-26-21/h6-9,11-13,20H,4-5,10H2,1-3H3,(H,25,28). The van der Waals surface area contributed by atoms with Crippen LogP contribution in [0.4, 0.5) is 5.69 Å². The molecule has 3 aromatic rings. The first-order valence-corrected chi connectivity index (χ1v) is 10.0. The monoisotopic (exact) mass is 404 g/mol. The Bertz CT molecular complexity index is 1070. The molecule has 0 bridgehead atoms. The van der Waals surface area contributed by atoms with Crippen LogP contribution in [0.5, 0.6) is 0 Å². The highest BCUT2D eigenvalue weighted by Crippen LogP contribution is 2.24. The van der Waals surface area contributed by atoms with Crippen LogP contribution in [0, 0.1) is 20.8 Å².